The van der Waals surface area contributed by atoms with E-state index < -0.39 is 0 Å². The predicted octanol–water partition coefficient (Wildman–Crippen LogP) is 2.79. The number of amides is 1. The summed E-state index contributed by atoms with van der Waals surface area (Å²) >= 11 is 0. The lowest BCUT2D eigenvalue weighted by atomic mass is 9.97. The van der Waals surface area contributed by atoms with Gasteiger partial charge in [0.2, 0.25) is 5.91 Å². The van der Waals surface area contributed by atoms with Crippen LogP contribution in [0.2, 0.25) is 0 Å². The molecule has 1 aliphatic heterocycles. The van der Waals surface area contributed by atoms with Crippen LogP contribution in [-0.2, 0) is 11.8 Å². The molecule has 0 fully saturated rings. The third-order valence-corrected chi connectivity index (χ3v) is 4.82. The highest BCUT2D eigenvalue weighted by molar-refractivity contribution is 5.84. The van der Waals surface area contributed by atoms with Crippen LogP contribution < -0.4 is 14.8 Å². The molecule has 0 aliphatic carbocycles. The molecule has 134 valence electrons. The van der Waals surface area contributed by atoms with Crippen molar-refractivity contribution in [3.8, 4) is 11.5 Å². The summed E-state index contributed by atoms with van der Waals surface area (Å²) in [6.07, 6.45) is 0. The molecule has 6 nitrogen and oxygen atoms in total. The van der Waals surface area contributed by atoms with Gasteiger partial charge in [0.05, 0.1) is 17.7 Å². The van der Waals surface area contributed by atoms with Crippen LogP contribution >= 0.6 is 0 Å². The number of aromatic nitrogens is 2. The third kappa shape index (κ3) is 3.34. The Hall–Kier alpha value is -2.50. The van der Waals surface area contributed by atoms with Crippen molar-refractivity contribution in [2.24, 2.45) is 7.05 Å². The lowest BCUT2D eigenvalue weighted by molar-refractivity contribution is -0.122. The number of fused-ring (bicyclic) bond motifs is 1. The van der Waals surface area contributed by atoms with Crippen molar-refractivity contribution < 1.29 is 14.3 Å². The zero-order chi connectivity index (χ0) is 18.1. The van der Waals surface area contributed by atoms with Crippen molar-refractivity contribution in [1.29, 1.82) is 0 Å². The van der Waals surface area contributed by atoms with E-state index in [2.05, 4.69) is 10.4 Å². The number of nitrogens with zero attached hydrogens (tertiary/aromatic N) is 2. The first kappa shape index (κ1) is 17.3. The Morgan fingerprint density at radius 3 is 2.52 bits per heavy atom. The molecule has 0 spiro atoms. The number of ether oxygens (including phenoxy) is 2. The van der Waals surface area contributed by atoms with Crippen molar-refractivity contribution in [3.05, 3.63) is 40.7 Å². The van der Waals surface area contributed by atoms with Gasteiger partial charge in [-0.1, -0.05) is 6.07 Å². The van der Waals surface area contributed by atoms with Gasteiger partial charge in [0.15, 0.2) is 11.5 Å². The number of hydrogen-bond donors (Lipinski definition) is 1. The average Bonchev–Trinajstić information content (AvgIpc) is 2.85. The van der Waals surface area contributed by atoms with Gasteiger partial charge < -0.3 is 14.8 Å². The van der Waals surface area contributed by atoms with E-state index in [-0.39, 0.29) is 17.9 Å². The minimum atomic E-state index is -0.256. The quantitative estimate of drug-likeness (QED) is 0.927. The molecule has 6 heteroatoms. The molecule has 1 aromatic heterocycles. The maximum absolute atomic E-state index is 12.7. The molecule has 2 aromatic rings. The summed E-state index contributed by atoms with van der Waals surface area (Å²) in [7, 11) is 1.90. The first-order valence-corrected chi connectivity index (χ1v) is 8.58. The van der Waals surface area contributed by atoms with Gasteiger partial charge in [-0.2, -0.15) is 5.10 Å². The molecule has 0 saturated carbocycles. The SMILES string of the molecule is Cc1nn(C)c(C)c1[C@H](C)C(=O)N[C@H](C)c1ccc2c(c1)OCCO2. The van der Waals surface area contributed by atoms with E-state index in [0.717, 1.165) is 34.0 Å². The van der Waals surface area contributed by atoms with Crippen molar-refractivity contribution in [2.75, 3.05) is 13.2 Å². The van der Waals surface area contributed by atoms with E-state index in [4.69, 9.17) is 9.47 Å². The molecule has 25 heavy (non-hydrogen) atoms. The standard InChI is InChI=1S/C19H25N3O3/c1-11(18-13(3)21-22(5)14(18)4)19(23)20-12(2)15-6-7-16-17(10-15)25-9-8-24-16/h6-7,10-12H,8-9H2,1-5H3,(H,20,23)/t11-,12+/m0/s1. The van der Waals surface area contributed by atoms with Crippen LogP contribution in [0.4, 0.5) is 0 Å². The fraction of sp³-hybridized carbons (Fsp3) is 0.474. The molecule has 2 heterocycles. The first-order chi connectivity index (χ1) is 11.9. The first-order valence-electron chi connectivity index (χ1n) is 8.58. The minimum absolute atomic E-state index is 0.0124. The largest absolute Gasteiger partial charge is 0.486 e. The van der Waals surface area contributed by atoms with Gasteiger partial charge in [0.25, 0.3) is 0 Å². The van der Waals surface area contributed by atoms with Gasteiger partial charge in [-0.25, -0.2) is 0 Å². The maximum Gasteiger partial charge on any atom is 0.227 e. The summed E-state index contributed by atoms with van der Waals surface area (Å²) in [5.41, 5.74) is 3.90. The second-order valence-electron chi connectivity index (χ2n) is 6.56. The topological polar surface area (TPSA) is 65.4 Å². The van der Waals surface area contributed by atoms with Crippen LogP contribution in [0.5, 0.6) is 11.5 Å². The Kier molecular flexibility index (Phi) is 4.70. The summed E-state index contributed by atoms with van der Waals surface area (Å²) in [5.74, 6) is 1.22. The van der Waals surface area contributed by atoms with Crippen LogP contribution in [0, 0.1) is 13.8 Å². The second kappa shape index (κ2) is 6.78. The number of rotatable bonds is 4. The van der Waals surface area contributed by atoms with E-state index in [0.29, 0.717) is 13.2 Å². The second-order valence-corrected chi connectivity index (χ2v) is 6.56. The molecule has 1 amide bonds. The summed E-state index contributed by atoms with van der Waals surface area (Å²) in [6.45, 7) is 8.94. The van der Waals surface area contributed by atoms with Crippen molar-refractivity contribution >= 4 is 5.91 Å². The van der Waals surface area contributed by atoms with Gasteiger partial charge in [0.1, 0.15) is 13.2 Å². The number of benzene rings is 1. The number of nitrogens with one attached hydrogen (secondary N) is 1. The van der Waals surface area contributed by atoms with Gasteiger partial charge in [-0.3, -0.25) is 9.48 Å². The highest BCUT2D eigenvalue weighted by atomic mass is 16.6. The molecule has 1 aromatic carbocycles. The van der Waals surface area contributed by atoms with Gasteiger partial charge in [-0.15, -0.1) is 0 Å². The van der Waals surface area contributed by atoms with Crippen LogP contribution in [0.25, 0.3) is 0 Å². The number of carbonyl (C=O) groups is 1. The van der Waals surface area contributed by atoms with Gasteiger partial charge >= 0.3 is 0 Å². The third-order valence-electron chi connectivity index (χ3n) is 4.82. The smallest absolute Gasteiger partial charge is 0.227 e. The molecule has 0 bridgehead atoms. The highest BCUT2D eigenvalue weighted by Crippen LogP contribution is 2.33. The highest BCUT2D eigenvalue weighted by Gasteiger charge is 2.24. The zero-order valence-electron chi connectivity index (χ0n) is 15.4. The van der Waals surface area contributed by atoms with Crippen LogP contribution in [-0.4, -0.2) is 28.9 Å². The summed E-state index contributed by atoms with van der Waals surface area (Å²) < 4.78 is 13.0. The van der Waals surface area contributed by atoms with Gasteiger partial charge in [0, 0.05) is 18.3 Å². The Bertz CT molecular complexity index is 797. The average molecular weight is 343 g/mol. The monoisotopic (exact) mass is 343 g/mol. The molecule has 0 radical (unpaired) electrons. The Balaban J connectivity index is 1.74. The Labute approximate surface area is 148 Å². The van der Waals surface area contributed by atoms with E-state index in [1.54, 1.807) is 0 Å². The summed E-state index contributed by atoms with van der Waals surface area (Å²) in [6, 6.07) is 5.67. The molecular weight excluding hydrogens is 318 g/mol. The zero-order valence-corrected chi connectivity index (χ0v) is 15.4. The Morgan fingerprint density at radius 2 is 1.88 bits per heavy atom. The number of carbonyl (C=O) groups excluding carboxylic acids is 1. The van der Waals surface area contributed by atoms with E-state index in [1.807, 2.05) is 57.6 Å². The molecule has 0 unspecified atom stereocenters. The predicted molar refractivity (Wildman–Crippen MR) is 95.1 cm³/mol. The van der Waals surface area contributed by atoms with E-state index in [1.165, 1.54) is 0 Å². The molecule has 0 saturated heterocycles. The molecular formula is C19H25N3O3. The maximum atomic E-state index is 12.7. The summed E-state index contributed by atoms with van der Waals surface area (Å²) in [4.78, 5) is 12.7. The normalized spacial score (nSPS) is 15.6. The fourth-order valence-corrected chi connectivity index (χ4v) is 3.30. The number of hydrogen-bond acceptors (Lipinski definition) is 4. The molecule has 1 N–H and O–H groups in total. The lowest BCUT2D eigenvalue weighted by Gasteiger charge is -2.22. The molecule has 1 aliphatic rings. The number of aryl methyl sites for hydroxylation is 2. The van der Waals surface area contributed by atoms with Gasteiger partial charge in [-0.05, 0) is 45.4 Å². The van der Waals surface area contributed by atoms with Crippen molar-refractivity contribution in [3.63, 3.8) is 0 Å². The lowest BCUT2D eigenvalue weighted by Crippen LogP contribution is -2.31. The van der Waals surface area contributed by atoms with Crippen molar-refractivity contribution in [2.45, 2.75) is 39.7 Å². The van der Waals surface area contributed by atoms with E-state index in [9.17, 15) is 4.79 Å². The van der Waals surface area contributed by atoms with Crippen molar-refractivity contribution in [1.82, 2.24) is 15.1 Å². The van der Waals surface area contributed by atoms with Crippen LogP contribution in [0.3, 0.4) is 0 Å². The van der Waals surface area contributed by atoms with E-state index >= 15 is 0 Å². The fourth-order valence-electron chi connectivity index (χ4n) is 3.30. The Morgan fingerprint density at radius 1 is 1.20 bits per heavy atom. The molecule has 3 rings (SSSR count). The molecule has 2 atom stereocenters. The summed E-state index contributed by atoms with van der Waals surface area (Å²) in [5, 5.41) is 7.50. The van der Waals surface area contributed by atoms with Crippen LogP contribution in [0.15, 0.2) is 18.2 Å². The van der Waals surface area contributed by atoms with Crippen LogP contribution in [0.1, 0.15) is 48.3 Å². The minimum Gasteiger partial charge on any atom is -0.486 e.